The van der Waals surface area contributed by atoms with E-state index in [-0.39, 0.29) is 22.7 Å². The van der Waals surface area contributed by atoms with E-state index in [1.54, 1.807) is 17.0 Å². The minimum atomic E-state index is -0.554. The molecule has 2 aromatic carbocycles. The Morgan fingerprint density at radius 2 is 1.85 bits per heavy atom. The van der Waals surface area contributed by atoms with Gasteiger partial charge in [-0.2, -0.15) is 5.26 Å². The van der Waals surface area contributed by atoms with Crippen LogP contribution in [0.5, 0.6) is 0 Å². The van der Waals surface area contributed by atoms with Crippen molar-refractivity contribution in [2.75, 3.05) is 31.1 Å². The highest BCUT2D eigenvalue weighted by Crippen LogP contribution is 2.26. The molecule has 1 fully saturated rings. The third-order valence-corrected chi connectivity index (χ3v) is 4.32. The van der Waals surface area contributed by atoms with Crippen molar-refractivity contribution in [1.82, 2.24) is 4.90 Å². The molecule has 7 nitrogen and oxygen atoms in total. The number of carbonyl (C=O) groups is 1. The monoisotopic (exact) mass is 354 g/mol. The molecule has 132 valence electrons. The number of amides is 1. The smallest absolute Gasteiger partial charge is 0.270 e. The quantitative estimate of drug-likeness (QED) is 0.624. The molecule has 0 bridgehead atoms. The maximum atomic E-state index is 13.8. The lowest BCUT2D eigenvalue weighted by Crippen LogP contribution is -2.49. The molecule has 0 saturated carbocycles. The second-order valence-electron chi connectivity index (χ2n) is 5.83. The molecule has 1 heterocycles. The number of hydrogen-bond acceptors (Lipinski definition) is 5. The average molecular weight is 354 g/mol. The minimum Gasteiger partial charge on any atom is -0.367 e. The van der Waals surface area contributed by atoms with Crippen LogP contribution in [-0.2, 0) is 0 Å². The lowest BCUT2D eigenvalue weighted by atomic mass is 10.1. The van der Waals surface area contributed by atoms with Crippen LogP contribution in [-0.4, -0.2) is 41.9 Å². The zero-order valence-electron chi connectivity index (χ0n) is 13.8. The van der Waals surface area contributed by atoms with Crippen LogP contribution in [0, 0.1) is 27.3 Å². The van der Waals surface area contributed by atoms with Gasteiger partial charge in [0.25, 0.3) is 11.6 Å². The zero-order chi connectivity index (χ0) is 18.7. The second kappa shape index (κ2) is 7.19. The molecule has 0 atom stereocenters. The van der Waals surface area contributed by atoms with Crippen LogP contribution < -0.4 is 4.90 Å². The standard InChI is InChI=1S/C18H15FN4O3/c19-16-4-2-1-3-15(16)18(24)22-9-7-21(8-10-22)17-6-5-14(23(25)26)11-13(17)12-20/h1-6,11H,7-10H2. The van der Waals surface area contributed by atoms with Crippen LogP contribution in [0.1, 0.15) is 15.9 Å². The predicted molar refractivity (Wildman–Crippen MR) is 92.3 cm³/mol. The van der Waals surface area contributed by atoms with Gasteiger partial charge in [-0.25, -0.2) is 4.39 Å². The van der Waals surface area contributed by atoms with Gasteiger partial charge in [0.1, 0.15) is 11.9 Å². The number of non-ortho nitro benzene ring substituents is 1. The Bertz CT molecular complexity index is 902. The average Bonchev–Trinajstić information content (AvgIpc) is 2.67. The summed E-state index contributed by atoms with van der Waals surface area (Å²) in [4.78, 5) is 26.2. The van der Waals surface area contributed by atoms with Crippen LogP contribution in [0.25, 0.3) is 0 Å². The highest BCUT2D eigenvalue weighted by Gasteiger charge is 2.25. The van der Waals surface area contributed by atoms with Gasteiger partial charge in [0.15, 0.2) is 0 Å². The Morgan fingerprint density at radius 3 is 2.46 bits per heavy atom. The van der Waals surface area contributed by atoms with Crippen molar-refractivity contribution >= 4 is 17.3 Å². The van der Waals surface area contributed by atoms with E-state index in [0.29, 0.717) is 31.9 Å². The minimum absolute atomic E-state index is 0.0361. The summed E-state index contributed by atoms with van der Waals surface area (Å²) in [5.74, 6) is -0.922. The number of rotatable bonds is 3. The topological polar surface area (TPSA) is 90.5 Å². The number of nitrogens with zero attached hydrogens (tertiary/aromatic N) is 4. The first-order valence-corrected chi connectivity index (χ1v) is 7.98. The molecule has 0 spiro atoms. The number of halogens is 1. The molecule has 1 aliphatic rings. The van der Waals surface area contributed by atoms with Crippen molar-refractivity contribution in [2.45, 2.75) is 0 Å². The first kappa shape index (κ1) is 17.4. The van der Waals surface area contributed by atoms with E-state index >= 15 is 0 Å². The third kappa shape index (κ3) is 3.32. The first-order chi connectivity index (χ1) is 12.5. The van der Waals surface area contributed by atoms with Gasteiger partial charge in [0.05, 0.1) is 21.7 Å². The SMILES string of the molecule is N#Cc1cc([N+](=O)[O-])ccc1N1CCN(C(=O)c2ccccc2F)CC1. The lowest BCUT2D eigenvalue weighted by Gasteiger charge is -2.36. The Balaban J connectivity index is 1.73. The van der Waals surface area contributed by atoms with Gasteiger partial charge >= 0.3 is 0 Å². The Hall–Kier alpha value is -3.47. The Labute approximate surface area is 149 Å². The number of hydrogen-bond donors (Lipinski definition) is 0. The van der Waals surface area contributed by atoms with E-state index in [0.717, 1.165) is 0 Å². The number of nitriles is 1. The lowest BCUT2D eigenvalue weighted by molar-refractivity contribution is -0.384. The van der Waals surface area contributed by atoms with Crippen molar-refractivity contribution in [3.8, 4) is 6.07 Å². The number of nitro benzene ring substituents is 1. The maximum Gasteiger partial charge on any atom is 0.270 e. The van der Waals surface area contributed by atoms with Crippen molar-refractivity contribution in [3.63, 3.8) is 0 Å². The largest absolute Gasteiger partial charge is 0.367 e. The maximum absolute atomic E-state index is 13.8. The molecule has 0 aliphatic carbocycles. The number of benzene rings is 2. The molecule has 8 heteroatoms. The number of nitro groups is 1. The molecule has 0 aromatic heterocycles. The van der Waals surface area contributed by atoms with Gasteiger partial charge in [-0.05, 0) is 18.2 Å². The van der Waals surface area contributed by atoms with E-state index in [9.17, 15) is 24.6 Å². The summed E-state index contributed by atoms with van der Waals surface area (Å²) in [5, 5.41) is 20.1. The van der Waals surface area contributed by atoms with Gasteiger partial charge in [-0.15, -0.1) is 0 Å². The van der Waals surface area contributed by atoms with Crippen LogP contribution >= 0.6 is 0 Å². The highest BCUT2D eigenvalue weighted by molar-refractivity contribution is 5.94. The number of carbonyl (C=O) groups excluding carboxylic acids is 1. The van der Waals surface area contributed by atoms with Crippen molar-refractivity contribution in [3.05, 3.63) is 69.5 Å². The molecule has 0 N–H and O–H groups in total. The normalized spacial score (nSPS) is 14.0. The molecule has 2 aromatic rings. The summed E-state index contributed by atoms with van der Waals surface area (Å²) in [6, 6.07) is 12.0. The van der Waals surface area contributed by atoms with Gasteiger partial charge in [0.2, 0.25) is 0 Å². The summed E-state index contributed by atoms with van der Waals surface area (Å²) in [7, 11) is 0. The molecule has 3 rings (SSSR count). The van der Waals surface area contributed by atoms with E-state index in [4.69, 9.17) is 0 Å². The molecule has 1 saturated heterocycles. The second-order valence-corrected chi connectivity index (χ2v) is 5.83. The fourth-order valence-electron chi connectivity index (χ4n) is 2.96. The Morgan fingerprint density at radius 1 is 1.15 bits per heavy atom. The molecular formula is C18H15FN4O3. The fraction of sp³-hybridized carbons (Fsp3) is 0.222. The van der Waals surface area contributed by atoms with E-state index < -0.39 is 10.7 Å². The van der Waals surface area contributed by atoms with Crippen LogP contribution in [0.15, 0.2) is 42.5 Å². The third-order valence-electron chi connectivity index (χ3n) is 4.32. The highest BCUT2D eigenvalue weighted by atomic mass is 19.1. The van der Waals surface area contributed by atoms with E-state index in [1.165, 1.54) is 30.3 Å². The van der Waals surface area contributed by atoms with Crippen LogP contribution in [0.2, 0.25) is 0 Å². The van der Waals surface area contributed by atoms with Crippen molar-refractivity contribution in [2.24, 2.45) is 0 Å². The number of anilines is 1. The molecule has 1 amide bonds. The summed E-state index contributed by atoms with van der Waals surface area (Å²) >= 11 is 0. The molecule has 1 aliphatic heterocycles. The van der Waals surface area contributed by atoms with Gasteiger partial charge in [-0.1, -0.05) is 12.1 Å². The predicted octanol–water partition coefficient (Wildman–Crippen LogP) is 2.57. The Kier molecular flexibility index (Phi) is 4.80. The van der Waals surface area contributed by atoms with Crippen molar-refractivity contribution < 1.29 is 14.1 Å². The first-order valence-electron chi connectivity index (χ1n) is 7.98. The number of piperazine rings is 1. The summed E-state index contributed by atoms with van der Waals surface area (Å²) in [6.45, 7) is 1.64. The summed E-state index contributed by atoms with van der Waals surface area (Å²) in [5.41, 5.74) is 0.705. The summed E-state index contributed by atoms with van der Waals surface area (Å²) < 4.78 is 13.8. The van der Waals surface area contributed by atoms with E-state index in [1.807, 2.05) is 11.0 Å². The van der Waals surface area contributed by atoms with Crippen LogP contribution in [0.4, 0.5) is 15.8 Å². The molecule has 0 unspecified atom stereocenters. The van der Waals surface area contributed by atoms with E-state index in [2.05, 4.69) is 0 Å². The molecular weight excluding hydrogens is 339 g/mol. The van der Waals surface area contributed by atoms with Gasteiger partial charge in [0, 0.05) is 38.3 Å². The zero-order valence-corrected chi connectivity index (χ0v) is 13.8. The van der Waals surface area contributed by atoms with Crippen LogP contribution in [0.3, 0.4) is 0 Å². The van der Waals surface area contributed by atoms with Gasteiger partial charge in [-0.3, -0.25) is 14.9 Å². The molecule has 0 radical (unpaired) electrons. The fourth-order valence-corrected chi connectivity index (χ4v) is 2.96. The summed E-state index contributed by atoms with van der Waals surface area (Å²) in [6.07, 6.45) is 0. The molecule has 26 heavy (non-hydrogen) atoms. The van der Waals surface area contributed by atoms with Crippen molar-refractivity contribution in [1.29, 1.82) is 5.26 Å². The van der Waals surface area contributed by atoms with Gasteiger partial charge < -0.3 is 9.80 Å².